The molecule has 1 fully saturated rings. The van der Waals surface area contributed by atoms with E-state index in [1.165, 1.54) is 6.20 Å². The van der Waals surface area contributed by atoms with Gasteiger partial charge in [-0.15, -0.1) is 0 Å². The highest BCUT2D eigenvalue weighted by Gasteiger charge is 2.33. The fraction of sp³-hybridized carbons (Fsp3) is 0.406. The number of hydrogen-bond donors (Lipinski definition) is 1. The van der Waals surface area contributed by atoms with Crippen LogP contribution in [0.25, 0.3) is 10.8 Å². The van der Waals surface area contributed by atoms with E-state index in [9.17, 15) is 9.50 Å². The van der Waals surface area contributed by atoms with Crippen molar-refractivity contribution in [2.75, 3.05) is 36.5 Å². The van der Waals surface area contributed by atoms with Crippen molar-refractivity contribution < 1.29 is 14.2 Å². The van der Waals surface area contributed by atoms with Gasteiger partial charge in [-0.3, -0.25) is 4.98 Å². The molecule has 5 heterocycles. The third kappa shape index (κ3) is 4.88. The first kappa shape index (κ1) is 27.2. The van der Waals surface area contributed by atoms with E-state index >= 15 is 0 Å². The summed E-state index contributed by atoms with van der Waals surface area (Å²) in [6.07, 6.45) is 6.67. The van der Waals surface area contributed by atoms with Gasteiger partial charge in [-0.2, -0.15) is 9.97 Å². The molecular formula is C32H34ClFN6O2. The first-order valence-electron chi connectivity index (χ1n) is 14.6. The summed E-state index contributed by atoms with van der Waals surface area (Å²) in [5.74, 6) is 0.713. The number of likely N-dealkylation sites (N-methyl/N-ethyl adjacent to an activating group) is 1. The molecule has 7 rings (SSSR count). The molecule has 2 atom stereocenters. The first-order valence-corrected chi connectivity index (χ1v) is 15.0. The summed E-state index contributed by atoms with van der Waals surface area (Å²) in [4.78, 5) is 20.7. The van der Waals surface area contributed by atoms with Crippen LogP contribution in [0.5, 0.6) is 11.8 Å². The van der Waals surface area contributed by atoms with Gasteiger partial charge in [-0.1, -0.05) is 23.7 Å². The molecule has 42 heavy (non-hydrogen) atoms. The molecule has 2 aromatic heterocycles. The Morgan fingerprint density at radius 2 is 2.00 bits per heavy atom. The summed E-state index contributed by atoms with van der Waals surface area (Å²) in [5.41, 5.74) is 4.41. The predicted molar refractivity (Wildman–Crippen MR) is 162 cm³/mol. The number of halogens is 2. The smallest absolute Gasteiger partial charge is 0.318 e. The Morgan fingerprint density at radius 3 is 2.83 bits per heavy atom. The van der Waals surface area contributed by atoms with Crippen LogP contribution in [0.15, 0.2) is 42.7 Å². The highest BCUT2D eigenvalue weighted by Crippen LogP contribution is 2.40. The van der Waals surface area contributed by atoms with E-state index < -0.39 is 0 Å². The number of phenolic OH excluding ortho intramolecular Hbond substituents is 1. The molecular weight excluding hydrogens is 555 g/mol. The molecule has 0 radical (unpaired) electrons. The molecule has 0 spiro atoms. The number of fused-ring (bicyclic) bond motifs is 3. The first-order chi connectivity index (χ1) is 20.4. The van der Waals surface area contributed by atoms with Gasteiger partial charge in [0, 0.05) is 53.9 Å². The maximum atomic E-state index is 14.9. The van der Waals surface area contributed by atoms with Crippen LogP contribution in [0.4, 0.5) is 15.9 Å². The van der Waals surface area contributed by atoms with Crippen LogP contribution >= 0.6 is 11.6 Å². The number of aromatic hydroxyl groups is 1. The van der Waals surface area contributed by atoms with Crippen LogP contribution < -0.4 is 14.5 Å². The number of pyridine rings is 1. The van der Waals surface area contributed by atoms with Gasteiger partial charge in [-0.25, -0.2) is 4.39 Å². The van der Waals surface area contributed by atoms with Gasteiger partial charge in [-0.05, 0) is 69.3 Å². The van der Waals surface area contributed by atoms with E-state index in [4.69, 9.17) is 26.3 Å². The van der Waals surface area contributed by atoms with E-state index in [1.54, 1.807) is 18.3 Å². The molecule has 3 aliphatic heterocycles. The molecule has 1 N–H and O–H groups in total. The molecule has 4 aromatic rings. The number of aromatic nitrogens is 3. The maximum absolute atomic E-state index is 14.9. The molecule has 8 nitrogen and oxygen atoms in total. The average molecular weight is 589 g/mol. The third-order valence-electron chi connectivity index (χ3n) is 9.07. The van der Waals surface area contributed by atoms with Crippen molar-refractivity contribution in [2.24, 2.45) is 0 Å². The number of likely N-dealkylation sites (tertiary alicyclic amines) is 1. The van der Waals surface area contributed by atoms with Crippen LogP contribution in [-0.2, 0) is 25.9 Å². The minimum Gasteiger partial charge on any atom is -0.508 e. The Bertz CT molecular complexity index is 1670. The zero-order valence-electron chi connectivity index (χ0n) is 23.9. The Morgan fingerprint density at radius 1 is 1.12 bits per heavy atom. The summed E-state index contributed by atoms with van der Waals surface area (Å²) in [7, 11) is 2.12. The number of rotatable bonds is 5. The number of anilines is 2. The van der Waals surface area contributed by atoms with Crippen molar-refractivity contribution in [3.05, 3.63) is 75.9 Å². The normalized spacial score (nSPS) is 20.6. The fourth-order valence-corrected chi connectivity index (χ4v) is 7.02. The lowest BCUT2D eigenvalue weighted by molar-refractivity contribution is 0.187. The third-order valence-corrected chi connectivity index (χ3v) is 9.39. The van der Waals surface area contributed by atoms with Crippen LogP contribution in [0.3, 0.4) is 0 Å². The predicted octanol–water partition coefficient (Wildman–Crippen LogP) is 5.51. The quantitative estimate of drug-likeness (QED) is 0.327. The molecule has 0 amide bonds. The van der Waals surface area contributed by atoms with Crippen LogP contribution in [0.2, 0.25) is 5.02 Å². The summed E-state index contributed by atoms with van der Waals surface area (Å²) >= 11 is 6.67. The van der Waals surface area contributed by atoms with Crippen LogP contribution in [0.1, 0.15) is 42.1 Å². The topological polar surface area (TPSA) is 77.9 Å². The second-order valence-electron chi connectivity index (χ2n) is 11.8. The molecule has 0 aliphatic carbocycles. The SMILES string of the molecule is C[C@@H]1Cc2cncc(F)c2CN1c1nc(OC[C@@H]2CCCN2C)nc2c1CCN(c1cc(O)cc3cccc(Cl)c13)C2. The van der Waals surface area contributed by atoms with E-state index in [0.717, 1.165) is 58.5 Å². The summed E-state index contributed by atoms with van der Waals surface area (Å²) < 4.78 is 21.2. The maximum Gasteiger partial charge on any atom is 0.318 e. The zero-order valence-corrected chi connectivity index (χ0v) is 24.6. The molecule has 1 saturated heterocycles. The Kier molecular flexibility index (Phi) is 7.02. The van der Waals surface area contributed by atoms with Crippen LogP contribution in [0, 0.1) is 5.82 Å². The molecule has 10 heteroatoms. The molecule has 2 aromatic carbocycles. The van der Waals surface area contributed by atoms with Gasteiger partial charge in [0.1, 0.15) is 24.0 Å². The molecule has 218 valence electrons. The van der Waals surface area contributed by atoms with Crippen molar-refractivity contribution in [1.82, 2.24) is 19.9 Å². The molecule has 0 bridgehead atoms. The van der Waals surface area contributed by atoms with Gasteiger partial charge in [0.25, 0.3) is 0 Å². The lowest BCUT2D eigenvalue weighted by Gasteiger charge is -2.39. The highest BCUT2D eigenvalue weighted by molar-refractivity contribution is 6.36. The zero-order chi connectivity index (χ0) is 29.0. The fourth-order valence-electron chi connectivity index (χ4n) is 6.74. The summed E-state index contributed by atoms with van der Waals surface area (Å²) in [6.45, 7) is 5.33. The number of nitrogens with zero attached hydrogens (tertiary/aromatic N) is 6. The van der Waals surface area contributed by atoms with E-state index in [1.807, 2.05) is 18.2 Å². The lowest BCUT2D eigenvalue weighted by Crippen LogP contribution is -2.41. The largest absolute Gasteiger partial charge is 0.508 e. The summed E-state index contributed by atoms with van der Waals surface area (Å²) in [6, 6.07) is 10.00. The number of ether oxygens (including phenoxy) is 1. The van der Waals surface area contributed by atoms with Gasteiger partial charge in [0.05, 0.1) is 29.1 Å². The molecule has 3 aliphatic rings. The second-order valence-corrected chi connectivity index (χ2v) is 12.2. The van der Waals surface area contributed by atoms with E-state index in [2.05, 4.69) is 33.7 Å². The minimum absolute atomic E-state index is 0.0979. The summed E-state index contributed by atoms with van der Waals surface area (Å²) in [5, 5.41) is 13.0. The van der Waals surface area contributed by atoms with Crippen LogP contribution in [-0.4, -0.2) is 63.8 Å². The highest BCUT2D eigenvalue weighted by atomic mass is 35.5. The van der Waals surface area contributed by atoms with Gasteiger partial charge >= 0.3 is 6.01 Å². The van der Waals surface area contributed by atoms with E-state index in [0.29, 0.717) is 61.7 Å². The monoisotopic (exact) mass is 588 g/mol. The lowest BCUT2D eigenvalue weighted by atomic mass is 9.95. The van der Waals surface area contributed by atoms with Gasteiger partial charge in [0.15, 0.2) is 0 Å². The standard InChI is InChI=1S/C32H34ClFN6O2/c1-19-11-21-14-35-15-27(34)25(21)16-40(19)31-24-8-10-39(29-13-23(41)12-20-5-3-7-26(33)30(20)29)17-28(24)36-32(37-31)42-18-22-6-4-9-38(22)2/h3,5,7,12-15,19,22,41H,4,6,8-11,16-18H2,1-2H3/t19-,22+/m1/s1. The van der Waals surface area contributed by atoms with Crippen molar-refractivity contribution in [3.63, 3.8) is 0 Å². The van der Waals surface area contributed by atoms with Crippen molar-refractivity contribution in [1.29, 1.82) is 0 Å². The van der Waals surface area contributed by atoms with E-state index in [-0.39, 0.29) is 17.6 Å². The van der Waals surface area contributed by atoms with Crippen molar-refractivity contribution >= 4 is 33.9 Å². The average Bonchev–Trinajstić information content (AvgIpc) is 3.39. The van der Waals surface area contributed by atoms with Crippen molar-refractivity contribution in [2.45, 2.75) is 57.8 Å². The second kappa shape index (κ2) is 10.9. The molecule has 0 unspecified atom stereocenters. The van der Waals surface area contributed by atoms with Crippen molar-refractivity contribution in [3.8, 4) is 11.8 Å². The molecule has 0 saturated carbocycles. The minimum atomic E-state index is -0.285. The Balaban J connectivity index is 1.28. The number of phenols is 1. The number of hydrogen-bond acceptors (Lipinski definition) is 8. The van der Waals surface area contributed by atoms with Gasteiger partial charge in [0.2, 0.25) is 0 Å². The number of benzene rings is 2. The Labute approximate surface area is 249 Å². The van der Waals surface area contributed by atoms with Gasteiger partial charge < -0.3 is 24.5 Å². The Hall–Kier alpha value is -3.69.